The smallest absolute Gasteiger partial charge is 0.306 e. The summed E-state index contributed by atoms with van der Waals surface area (Å²) in [6.07, 6.45) is 3.26. The number of hydrogen-bond donors (Lipinski definition) is 1. The Morgan fingerprint density at radius 2 is 1.55 bits per heavy atom. The summed E-state index contributed by atoms with van der Waals surface area (Å²) >= 11 is 0. The van der Waals surface area contributed by atoms with Crippen molar-refractivity contribution in [1.82, 2.24) is 0 Å². The van der Waals surface area contributed by atoms with E-state index in [1.54, 1.807) is 0 Å². The van der Waals surface area contributed by atoms with E-state index in [0.29, 0.717) is 6.42 Å². The number of benzene rings is 2. The molecule has 1 unspecified atom stereocenters. The summed E-state index contributed by atoms with van der Waals surface area (Å²) in [6.45, 7) is 0. The molecular formula is C18H18O2. The minimum absolute atomic E-state index is 0.273. The molecule has 0 saturated carbocycles. The molecular weight excluding hydrogens is 248 g/mol. The van der Waals surface area contributed by atoms with Crippen LogP contribution < -0.4 is 0 Å². The number of rotatable bonds is 1. The van der Waals surface area contributed by atoms with E-state index in [1.165, 1.54) is 16.7 Å². The maximum absolute atomic E-state index is 11.4. The van der Waals surface area contributed by atoms with Gasteiger partial charge in [-0.1, -0.05) is 48.5 Å². The van der Waals surface area contributed by atoms with Crippen LogP contribution in [-0.2, 0) is 17.6 Å². The van der Waals surface area contributed by atoms with Crippen LogP contribution in [0.25, 0.3) is 11.1 Å². The highest BCUT2D eigenvalue weighted by Gasteiger charge is 2.21. The van der Waals surface area contributed by atoms with Gasteiger partial charge in [-0.2, -0.15) is 0 Å². The van der Waals surface area contributed by atoms with Gasteiger partial charge in [0.1, 0.15) is 0 Å². The summed E-state index contributed by atoms with van der Waals surface area (Å²) < 4.78 is 0. The first-order valence-corrected chi connectivity index (χ1v) is 7.14. The molecule has 1 N–H and O–H groups in total. The van der Waals surface area contributed by atoms with Crippen molar-refractivity contribution < 1.29 is 9.90 Å². The molecule has 0 radical (unpaired) electrons. The van der Waals surface area contributed by atoms with Gasteiger partial charge in [-0.3, -0.25) is 4.79 Å². The molecule has 3 rings (SSSR count). The molecule has 0 fully saturated rings. The van der Waals surface area contributed by atoms with Gasteiger partial charge < -0.3 is 5.11 Å². The van der Waals surface area contributed by atoms with E-state index in [4.69, 9.17) is 0 Å². The number of carboxylic acid groups (broad SMARTS) is 1. The minimum Gasteiger partial charge on any atom is -0.481 e. The molecule has 2 aromatic carbocycles. The number of aryl methyl sites for hydroxylation is 1. The lowest BCUT2D eigenvalue weighted by Gasteiger charge is -2.14. The quantitative estimate of drug-likeness (QED) is 0.849. The summed E-state index contributed by atoms with van der Waals surface area (Å²) in [5.41, 5.74) is 4.92. The SMILES string of the molecule is O=C(O)C1CCCc2ccccc2-c2ccccc2C1. The zero-order valence-corrected chi connectivity index (χ0v) is 11.4. The molecule has 0 bridgehead atoms. The van der Waals surface area contributed by atoms with Crippen LogP contribution in [0.5, 0.6) is 0 Å². The number of aliphatic carboxylic acids is 1. The molecule has 0 aromatic heterocycles. The number of hydrogen-bond acceptors (Lipinski definition) is 1. The van der Waals surface area contributed by atoms with Gasteiger partial charge >= 0.3 is 5.97 Å². The van der Waals surface area contributed by atoms with Gasteiger partial charge in [-0.05, 0) is 47.9 Å². The van der Waals surface area contributed by atoms with Gasteiger partial charge in [0, 0.05) is 0 Å². The fourth-order valence-corrected chi connectivity index (χ4v) is 3.08. The third-order valence-electron chi connectivity index (χ3n) is 4.14. The van der Waals surface area contributed by atoms with E-state index in [-0.39, 0.29) is 5.92 Å². The molecule has 20 heavy (non-hydrogen) atoms. The Labute approximate surface area is 119 Å². The number of fused-ring (bicyclic) bond motifs is 3. The normalized spacial score (nSPS) is 18.1. The summed E-state index contributed by atoms with van der Waals surface area (Å²) in [6, 6.07) is 16.6. The zero-order chi connectivity index (χ0) is 13.9. The first-order chi connectivity index (χ1) is 9.75. The summed E-state index contributed by atoms with van der Waals surface area (Å²) in [5.74, 6) is -0.948. The van der Waals surface area contributed by atoms with Gasteiger partial charge in [-0.15, -0.1) is 0 Å². The fraction of sp³-hybridized carbons (Fsp3) is 0.278. The van der Waals surface area contributed by atoms with Gasteiger partial charge in [0.05, 0.1) is 5.92 Å². The lowest BCUT2D eigenvalue weighted by atomic mass is 9.91. The van der Waals surface area contributed by atoms with E-state index in [2.05, 4.69) is 36.4 Å². The monoisotopic (exact) mass is 266 g/mol. The van der Waals surface area contributed by atoms with Crippen molar-refractivity contribution in [2.75, 3.05) is 0 Å². The standard InChI is InChI=1S/C18H18O2/c19-18(20)15-9-5-8-13-6-1-3-10-16(13)17-11-4-2-7-14(17)12-15/h1-4,6-7,10-11,15H,5,8-9,12H2,(H,19,20). The van der Waals surface area contributed by atoms with Crippen molar-refractivity contribution in [3.8, 4) is 11.1 Å². The van der Waals surface area contributed by atoms with Crippen LogP contribution in [0.3, 0.4) is 0 Å². The summed E-state index contributed by atoms with van der Waals surface area (Å²) in [4.78, 5) is 11.4. The Hall–Kier alpha value is -2.09. The van der Waals surface area contributed by atoms with Crippen molar-refractivity contribution in [3.05, 3.63) is 59.7 Å². The van der Waals surface area contributed by atoms with E-state index < -0.39 is 5.97 Å². The Kier molecular flexibility index (Phi) is 3.55. The highest BCUT2D eigenvalue weighted by Crippen LogP contribution is 2.32. The topological polar surface area (TPSA) is 37.3 Å². The van der Waals surface area contributed by atoms with E-state index >= 15 is 0 Å². The summed E-state index contributed by atoms with van der Waals surface area (Å²) in [7, 11) is 0. The van der Waals surface area contributed by atoms with Gasteiger partial charge in [0.2, 0.25) is 0 Å². The van der Waals surface area contributed by atoms with E-state index in [9.17, 15) is 9.90 Å². The molecule has 2 nitrogen and oxygen atoms in total. The highest BCUT2D eigenvalue weighted by atomic mass is 16.4. The third kappa shape index (κ3) is 2.46. The predicted octanol–water partition coefficient (Wildman–Crippen LogP) is 3.93. The molecule has 1 aliphatic carbocycles. The average Bonchev–Trinajstić information content (AvgIpc) is 2.54. The molecule has 2 aromatic rings. The zero-order valence-electron chi connectivity index (χ0n) is 11.4. The second-order valence-corrected chi connectivity index (χ2v) is 5.45. The molecule has 0 heterocycles. The number of carboxylic acids is 1. The van der Waals surface area contributed by atoms with Crippen LogP contribution in [0, 0.1) is 5.92 Å². The second-order valence-electron chi connectivity index (χ2n) is 5.45. The van der Waals surface area contributed by atoms with Crippen LogP contribution in [0.15, 0.2) is 48.5 Å². The Bertz CT molecular complexity index is 631. The highest BCUT2D eigenvalue weighted by molar-refractivity contribution is 5.74. The molecule has 1 atom stereocenters. The van der Waals surface area contributed by atoms with Crippen LogP contribution in [0.1, 0.15) is 24.0 Å². The lowest BCUT2D eigenvalue weighted by Crippen LogP contribution is -2.16. The fourth-order valence-electron chi connectivity index (χ4n) is 3.08. The molecule has 1 aliphatic rings. The average molecular weight is 266 g/mol. The van der Waals surface area contributed by atoms with Gasteiger partial charge in [0.15, 0.2) is 0 Å². The summed E-state index contributed by atoms with van der Waals surface area (Å²) in [5, 5.41) is 9.39. The Balaban J connectivity index is 2.12. The minimum atomic E-state index is -0.675. The maximum atomic E-state index is 11.4. The molecule has 2 heteroatoms. The van der Waals surface area contributed by atoms with Crippen LogP contribution >= 0.6 is 0 Å². The largest absolute Gasteiger partial charge is 0.481 e. The first kappa shape index (κ1) is 12.9. The first-order valence-electron chi connectivity index (χ1n) is 7.14. The molecule has 0 aliphatic heterocycles. The van der Waals surface area contributed by atoms with Crippen molar-refractivity contribution >= 4 is 5.97 Å². The predicted molar refractivity (Wildman–Crippen MR) is 79.6 cm³/mol. The van der Waals surface area contributed by atoms with Crippen LogP contribution in [-0.4, -0.2) is 11.1 Å². The third-order valence-corrected chi connectivity index (χ3v) is 4.14. The van der Waals surface area contributed by atoms with Crippen molar-refractivity contribution in [1.29, 1.82) is 0 Å². The lowest BCUT2D eigenvalue weighted by molar-refractivity contribution is -0.141. The van der Waals surface area contributed by atoms with Crippen molar-refractivity contribution in [3.63, 3.8) is 0 Å². The van der Waals surface area contributed by atoms with Crippen LogP contribution in [0.4, 0.5) is 0 Å². The van der Waals surface area contributed by atoms with Gasteiger partial charge in [0.25, 0.3) is 0 Å². The Morgan fingerprint density at radius 3 is 2.25 bits per heavy atom. The van der Waals surface area contributed by atoms with Crippen molar-refractivity contribution in [2.45, 2.75) is 25.7 Å². The van der Waals surface area contributed by atoms with E-state index in [0.717, 1.165) is 24.8 Å². The van der Waals surface area contributed by atoms with E-state index in [1.807, 2.05) is 12.1 Å². The molecule has 0 saturated heterocycles. The van der Waals surface area contributed by atoms with Crippen LogP contribution in [0.2, 0.25) is 0 Å². The maximum Gasteiger partial charge on any atom is 0.306 e. The van der Waals surface area contributed by atoms with Gasteiger partial charge in [-0.25, -0.2) is 0 Å². The second kappa shape index (κ2) is 5.49. The molecule has 0 spiro atoms. The molecule has 0 amide bonds. The number of carbonyl (C=O) groups is 1. The Morgan fingerprint density at radius 1 is 0.950 bits per heavy atom. The van der Waals surface area contributed by atoms with Crippen molar-refractivity contribution in [2.24, 2.45) is 5.92 Å². The molecule has 102 valence electrons.